The lowest BCUT2D eigenvalue weighted by Crippen LogP contribution is -2.23. The van der Waals surface area contributed by atoms with Crippen molar-refractivity contribution < 1.29 is 24.7 Å². The van der Waals surface area contributed by atoms with Crippen molar-refractivity contribution in [2.24, 2.45) is 0 Å². The molecule has 2 N–H and O–H groups in total. The van der Waals surface area contributed by atoms with Crippen molar-refractivity contribution in [2.75, 3.05) is 19.7 Å². The molecule has 0 spiro atoms. The van der Waals surface area contributed by atoms with E-state index in [0.717, 1.165) is 23.6 Å². The van der Waals surface area contributed by atoms with Crippen LogP contribution in [-0.2, 0) is 16.0 Å². The summed E-state index contributed by atoms with van der Waals surface area (Å²) >= 11 is 0. The van der Waals surface area contributed by atoms with Gasteiger partial charge in [-0.25, -0.2) is 10.1 Å². The summed E-state index contributed by atoms with van der Waals surface area (Å²) in [6.45, 7) is 0.750. The van der Waals surface area contributed by atoms with Crippen molar-refractivity contribution in [3.63, 3.8) is 0 Å². The number of ether oxygens (including phenoxy) is 1. The number of carbonyl (C=O) groups is 2. The minimum absolute atomic E-state index is 0.130. The Labute approximate surface area is 174 Å². The Bertz CT molecular complexity index is 902. The lowest BCUT2D eigenvalue weighted by molar-refractivity contribution is -0.150. The molecule has 0 saturated heterocycles. The fraction of sp³-hybridized carbons (Fsp3) is 0.227. The maximum atomic E-state index is 10.2. The highest BCUT2D eigenvalue weighted by molar-refractivity contribution is 5.87. The van der Waals surface area contributed by atoms with Gasteiger partial charge in [0.1, 0.15) is 12.4 Å². The van der Waals surface area contributed by atoms with Gasteiger partial charge in [0, 0.05) is 29.7 Å². The van der Waals surface area contributed by atoms with Gasteiger partial charge in [0.05, 0.1) is 6.54 Å². The molecule has 8 nitrogen and oxygen atoms in total. The van der Waals surface area contributed by atoms with E-state index in [-0.39, 0.29) is 13.2 Å². The number of carbonyl (C=O) groups excluding carboxylic acids is 2. The Kier molecular flexibility index (Phi) is 9.78. The third-order valence-electron chi connectivity index (χ3n) is 4.16. The minimum Gasteiger partial charge on any atom is -0.491 e. The summed E-state index contributed by atoms with van der Waals surface area (Å²) in [7, 11) is 0. The number of aryl methyl sites for hydroxylation is 1. The fourth-order valence-electron chi connectivity index (χ4n) is 2.66. The Hall–Kier alpha value is -3.49. The monoisotopic (exact) mass is 411 g/mol. The molecule has 0 bridgehead atoms. The van der Waals surface area contributed by atoms with Gasteiger partial charge in [0.25, 0.3) is 0 Å². The predicted octanol–water partition coefficient (Wildman–Crippen LogP) is 2.93. The number of pyridine rings is 1. The number of fused-ring (bicyclic) bond motifs is 1. The highest BCUT2D eigenvalue weighted by atomic mass is 16.5. The summed E-state index contributed by atoms with van der Waals surface area (Å²) in [5.74, 6) is 0.712. The van der Waals surface area contributed by atoms with Crippen molar-refractivity contribution in [3.05, 3.63) is 72.6 Å². The molecule has 0 saturated carbocycles. The van der Waals surface area contributed by atoms with Crippen LogP contribution < -0.4 is 4.74 Å². The number of hydroxylamine groups is 4. The molecule has 0 atom stereocenters. The van der Waals surface area contributed by atoms with Crippen molar-refractivity contribution >= 4 is 23.6 Å². The number of nitrogens with zero attached hydrogens (tertiary/aromatic N) is 3. The number of hydrogen-bond donors (Lipinski definition) is 2. The molecule has 0 aliphatic rings. The average molecular weight is 411 g/mol. The molecule has 30 heavy (non-hydrogen) atoms. The summed E-state index contributed by atoms with van der Waals surface area (Å²) in [4.78, 5) is 24.2. The van der Waals surface area contributed by atoms with E-state index in [9.17, 15) is 9.59 Å². The lowest BCUT2D eigenvalue weighted by atomic mass is 10.1. The van der Waals surface area contributed by atoms with Gasteiger partial charge in [-0.1, -0.05) is 42.5 Å². The molecule has 0 radical (unpaired) electrons. The highest BCUT2D eigenvalue weighted by Crippen LogP contribution is 2.24. The molecule has 3 aromatic rings. The first-order chi connectivity index (χ1) is 14.6. The van der Waals surface area contributed by atoms with Crippen LogP contribution in [0, 0.1) is 0 Å². The van der Waals surface area contributed by atoms with Crippen LogP contribution in [0.3, 0.4) is 0 Å². The van der Waals surface area contributed by atoms with E-state index in [1.54, 1.807) is 12.4 Å². The van der Waals surface area contributed by atoms with Gasteiger partial charge in [0.15, 0.2) is 0 Å². The Morgan fingerprint density at radius 3 is 2.37 bits per heavy atom. The average Bonchev–Trinajstić information content (AvgIpc) is 2.80. The van der Waals surface area contributed by atoms with Crippen LogP contribution in [-0.4, -0.2) is 58.0 Å². The van der Waals surface area contributed by atoms with Crippen LogP contribution in [0.1, 0.15) is 12.0 Å². The van der Waals surface area contributed by atoms with Crippen molar-refractivity contribution in [2.45, 2.75) is 12.8 Å². The quantitative estimate of drug-likeness (QED) is 0.302. The summed E-state index contributed by atoms with van der Waals surface area (Å²) in [5, 5.41) is 20.9. The molecular weight excluding hydrogens is 386 g/mol. The summed E-state index contributed by atoms with van der Waals surface area (Å²) < 4.78 is 5.50. The van der Waals surface area contributed by atoms with Gasteiger partial charge in [-0.2, -0.15) is 0 Å². The lowest BCUT2D eigenvalue weighted by Gasteiger charge is -2.11. The zero-order chi connectivity index (χ0) is 21.6. The van der Waals surface area contributed by atoms with Gasteiger partial charge < -0.3 is 4.74 Å². The molecule has 1 heterocycles. The number of benzene rings is 2. The molecule has 0 unspecified atom stereocenters. The minimum atomic E-state index is 0.130. The number of rotatable bonds is 10. The molecule has 8 heteroatoms. The van der Waals surface area contributed by atoms with Crippen LogP contribution in [0.4, 0.5) is 0 Å². The van der Waals surface area contributed by atoms with Gasteiger partial charge >= 0.3 is 0 Å². The molecule has 0 aliphatic heterocycles. The van der Waals surface area contributed by atoms with Gasteiger partial charge in [0.2, 0.25) is 12.8 Å². The first-order valence-electron chi connectivity index (χ1n) is 9.45. The van der Waals surface area contributed by atoms with Crippen LogP contribution in [0.5, 0.6) is 5.75 Å². The first kappa shape index (κ1) is 22.8. The largest absolute Gasteiger partial charge is 0.491 e. The standard InChI is InChI=1S/C12H12N2O3.C10H13NO2/c15-9-14(16)6-7-17-12-3-1-2-10-8-13-5-4-11(10)12;12-9-11(13)8-4-7-10-5-2-1-3-6-10/h1-5,8-9,16H,6-7H2;1-3,5-6,9,13H,4,7-8H2. The van der Waals surface area contributed by atoms with Gasteiger partial charge in [-0.3, -0.25) is 25.0 Å². The third kappa shape index (κ3) is 7.86. The maximum Gasteiger partial charge on any atom is 0.233 e. The Morgan fingerprint density at radius 1 is 0.900 bits per heavy atom. The van der Waals surface area contributed by atoms with Crippen LogP contribution in [0.2, 0.25) is 0 Å². The predicted molar refractivity (Wildman–Crippen MR) is 111 cm³/mol. The molecular formula is C22H25N3O5. The summed E-state index contributed by atoms with van der Waals surface area (Å²) in [5.41, 5.74) is 1.22. The van der Waals surface area contributed by atoms with E-state index in [1.807, 2.05) is 54.6 Å². The molecule has 2 amide bonds. The molecule has 3 rings (SSSR count). The summed E-state index contributed by atoms with van der Waals surface area (Å²) in [6, 6.07) is 17.5. The van der Waals surface area contributed by atoms with E-state index >= 15 is 0 Å². The smallest absolute Gasteiger partial charge is 0.233 e. The second-order valence-corrected chi connectivity index (χ2v) is 6.33. The molecule has 158 valence electrons. The number of aromatic nitrogens is 1. The van der Waals surface area contributed by atoms with E-state index in [4.69, 9.17) is 15.2 Å². The molecule has 1 aromatic heterocycles. The summed E-state index contributed by atoms with van der Waals surface area (Å²) in [6.07, 6.45) is 5.87. The highest BCUT2D eigenvalue weighted by Gasteiger charge is 2.02. The van der Waals surface area contributed by atoms with Crippen molar-refractivity contribution in [3.8, 4) is 5.75 Å². The topological polar surface area (TPSA) is 103 Å². The van der Waals surface area contributed by atoms with Crippen LogP contribution in [0.15, 0.2) is 67.0 Å². The second kappa shape index (κ2) is 12.9. The Balaban J connectivity index is 0.000000222. The Morgan fingerprint density at radius 2 is 1.63 bits per heavy atom. The van der Waals surface area contributed by atoms with Crippen molar-refractivity contribution in [1.82, 2.24) is 15.1 Å². The van der Waals surface area contributed by atoms with Gasteiger partial charge in [-0.15, -0.1) is 0 Å². The molecule has 0 aliphatic carbocycles. The zero-order valence-corrected chi connectivity index (χ0v) is 16.5. The third-order valence-corrected chi connectivity index (χ3v) is 4.16. The van der Waals surface area contributed by atoms with Crippen molar-refractivity contribution in [1.29, 1.82) is 0 Å². The zero-order valence-electron chi connectivity index (χ0n) is 16.5. The fourth-order valence-corrected chi connectivity index (χ4v) is 2.66. The normalized spacial score (nSPS) is 9.93. The van der Waals surface area contributed by atoms with Gasteiger partial charge in [-0.05, 0) is 30.5 Å². The van der Waals surface area contributed by atoms with E-state index in [2.05, 4.69) is 4.98 Å². The SMILES string of the molecule is O=CN(O)CCCc1ccccc1.O=CN(O)CCOc1cccc2cnccc12. The maximum absolute atomic E-state index is 10.2. The molecule has 0 fully saturated rings. The van der Waals surface area contributed by atoms with Crippen LogP contribution in [0.25, 0.3) is 10.8 Å². The van der Waals surface area contributed by atoms with Crippen LogP contribution >= 0.6 is 0 Å². The van der Waals surface area contributed by atoms with E-state index < -0.39 is 0 Å². The number of amides is 2. The number of hydrogen-bond acceptors (Lipinski definition) is 6. The van der Waals surface area contributed by atoms with E-state index in [1.165, 1.54) is 5.56 Å². The van der Waals surface area contributed by atoms with E-state index in [0.29, 0.717) is 35.2 Å². The second-order valence-electron chi connectivity index (χ2n) is 6.33. The molecule has 2 aromatic carbocycles. The first-order valence-corrected chi connectivity index (χ1v) is 9.45.